The van der Waals surface area contributed by atoms with Gasteiger partial charge in [-0.05, 0) is 37.1 Å². The van der Waals surface area contributed by atoms with Crippen LogP contribution in [0.1, 0.15) is 60.7 Å². The molecule has 2 aromatic carbocycles. The van der Waals surface area contributed by atoms with Crippen LogP contribution in [0.25, 0.3) is 0 Å². The molecule has 6 heteroatoms. The Bertz CT molecular complexity index is 754. The average molecular weight is 429 g/mol. The summed E-state index contributed by atoms with van der Waals surface area (Å²) in [4.78, 5) is 25.3. The lowest BCUT2D eigenvalue weighted by atomic mass is 9.84. The number of aliphatic hydroxyl groups is 2. The first kappa shape index (κ1) is 24.6. The van der Waals surface area contributed by atoms with Gasteiger partial charge in [-0.25, -0.2) is 9.59 Å². The summed E-state index contributed by atoms with van der Waals surface area (Å²) >= 11 is 0. The fraction of sp³-hybridized carbons (Fsp3) is 0.440. The molecule has 168 valence electrons. The minimum atomic E-state index is -1.32. The SMILES string of the molecule is CCCC(O)C(CC)C(O)C(C)C(OC(=O)c1ccccc1)OC(=O)c1ccccc1. The molecule has 2 aromatic rings. The van der Waals surface area contributed by atoms with Gasteiger partial charge in [0.1, 0.15) is 0 Å². The zero-order valence-electron chi connectivity index (χ0n) is 18.3. The van der Waals surface area contributed by atoms with Crippen molar-refractivity contribution in [3.8, 4) is 0 Å². The van der Waals surface area contributed by atoms with E-state index in [0.29, 0.717) is 24.0 Å². The van der Waals surface area contributed by atoms with Crippen molar-refractivity contribution < 1.29 is 29.3 Å². The number of carbonyl (C=O) groups is 2. The number of ether oxygens (including phenoxy) is 2. The lowest BCUT2D eigenvalue weighted by molar-refractivity contribution is -0.143. The van der Waals surface area contributed by atoms with Gasteiger partial charge in [0, 0.05) is 5.92 Å². The normalized spacial score (nSPS) is 15.0. The molecule has 0 aliphatic rings. The van der Waals surface area contributed by atoms with E-state index in [-0.39, 0.29) is 0 Å². The summed E-state index contributed by atoms with van der Waals surface area (Å²) in [5.41, 5.74) is 0.617. The van der Waals surface area contributed by atoms with Crippen LogP contribution in [0.4, 0.5) is 0 Å². The predicted octanol–water partition coefficient (Wildman–Crippen LogP) is 4.21. The van der Waals surface area contributed by atoms with E-state index in [9.17, 15) is 19.8 Å². The van der Waals surface area contributed by atoms with E-state index in [1.165, 1.54) is 0 Å². The minimum absolute atomic E-state index is 0.308. The lowest BCUT2D eigenvalue weighted by Gasteiger charge is -2.33. The van der Waals surface area contributed by atoms with Gasteiger partial charge in [-0.15, -0.1) is 0 Å². The second-order valence-electron chi connectivity index (χ2n) is 7.69. The van der Waals surface area contributed by atoms with Gasteiger partial charge in [0.15, 0.2) is 0 Å². The highest BCUT2D eigenvalue weighted by molar-refractivity contribution is 5.91. The lowest BCUT2D eigenvalue weighted by Crippen LogP contribution is -2.43. The topological polar surface area (TPSA) is 93.1 Å². The fourth-order valence-electron chi connectivity index (χ4n) is 3.54. The molecule has 0 radical (unpaired) electrons. The van der Waals surface area contributed by atoms with Crippen LogP contribution in [0.15, 0.2) is 60.7 Å². The van der Waals surface area contributed by atoms with E-state index in [0.717, 1.165) is 6.42 Å². The van der Waals surface area contributed by atoms with Crippen molar-refractivity contribution in [1.29, 1.82) is 0 Å². The van der Waals surface area contributed by atoms with Gasteiger partial charge >= 0.3 is 11.9 Å². The predicted molar refractivity (Wildman–Crippen MR) is 117 cm³/mol. The van der Waals surface area contributed by atoms with Gasteiger partial charge in [-0.3, -0.25) is 0 Å². The van der Waals surface area contributed by atoms with Crippen LogP contribution in [0.3, 0.4) is 0 Å². The van der Waals surface area contributed by atoms with Crippen LogP contribution in [-0.2, 0) is 9.47 Å². The Hall–Kier alpha value is -2.70. The van der Waals surface area contributed by atoms with Gasteiger partial charge in [0.25, 0.3) is 6.29 Å². The third-order valence-electron chi connectivity index (χ3n) is 5.42. The molecule has 0 fully saturated rings. The van der Waals surface area contributed by atoms with Crippen molar-refractivity contribution in [3.05, 3.63) is 71.8 Å². The van der Waals surface area contributed by atoms with E-state index in [1.54, 1.807) is 67.6 Å². The third kappa shape index (κ3) is 6.91. The van der Waals surface area contributed by atoms with Gasteiger partial charge in [0.05, 0.1) is 29.3 Å². The summed E-state index contributed by atoms with van der Waals surface area (Å²) in [5.74, 6) is -2.51. The first-order valence-corrected chi connectivity index (χ1v) is 10.8. The number of esters is 2. The molecule has 0 saturated heterocycles. The maximum Gasteiger partial charge on any atom is 0.341 e. The Kier molecular flexibility index (Phi) is 9.69. The van der Waals surface area contributed by atoms with E-state index < -0.39 is 42.3 Å². The molecule has 4 unspecified atom stereocenters. The van der Waals surface area contributed by atoms with Crippen molar-refractivity contribution in [3.63, 3.8) is 0 Å². The quantitative estimate of drug-likeness (QED) is 0.411. The smallest absolute Gasteiger partial charge is 0.341 e. The standard InChI is InChI=1S/C25H32O6/c1-4-12-21(26)20(5-2)22(27)17(3)25(30-23(28)18-13-8-6-9-14-18)31-24(29)19-15-10-7-11-16-19/h6-11,13-17,20-22,25-27H,4-5,12H2,1-3H3. The Morgan fingerprint density at radius 1 is 0.839 bits per heavy atom. The Balaban J connectivity index is 2.24. The molecule has 0 amide bonds. The van der Waals surface area contributed by atoms with Crippen molar-refractivity contribution >= 4 is 11.9 Å². The molecule has 2 N–H and O–H groups in total. The van der Waals surface area contributed by atoms with E-state index in [4.69, 9.17) is 9.47 Å². The number of aliphatic hydroxyl groups excluding tert-OH is 2. The van der Waals surface area contributed by atoms with Crippen LogP contribution in [0.2, 0.25) is 0 Å². The van der Waals surface area contributed by atoms with E-state index in [1.807, 2.05) is 13.8 Å². The molecule has 0 bridgehead atoms. The molecule has 6 nitrogen and oxygen atoms in total. The molecule has 0 aliphatic carbocycles. The zero-order valence-corrected chi connectivity index (χ0v) is 18.3. The highest BCUT2D eigenvalue weighted by Gasteiger charge is 2.37. The molecule has 2 rings (SSSR count). The molecular weight excluding hydrogens is 396 g/mol. The highest BCUT2D eigenvalue weighted by atomic mass is 16.7. The largest absolute Gasteiger partial charge is 0.421 e. The average Bonchev–Trinajstić information content (AvgIpc) is 2.79. The van der Waals surface area contributed by atoms with E-state index >= 15 is 0 Å². The van der Waals surface area contributed by atoms with Crippen molar-refractivity contribution in [2.45, 2.75) is 58.5 Å². The van der Waals surface area contributed by atoms with Crippen LogP contribution >= 0.6 is 0 Å². The van der Waals surface area contributed by atoms with Crippen LogP contribution in [-0.4, -0.2) is 40.6 Å². The van der Waals surface area contributed by atoms with Crippen LogP contribution < -0.4 is 0 Å². The number of rotatable bonds is 11. The summed E-state index contributed by atoms with van der Waals surface area (Å²) in [6, 6.07) is 16.7. The monoisotopic (exact) mass is 428 g/mol. The number of hydrogen-bond acceptors (Lipinski definition) is 6. The molecule has 31 heavy (non-hydrogen) atoms. The van der Waals surface area contributed by atoms with Crippen molar-refractivity contribution in [2.24, 2.45) is 11.8 Å². The summed E-state index contributed by atoms with van der Waals surface area (Å²) in [5, 5.41) is 21.4. The Morgan fingerprint density at radius 2 is 1.29 bits per heavy atom. The van der Waals surface area contributed by atoms with Gasteiger partial charge < -0.3 is 19.7 Å². The summed E-state index contributed by atoms with van der Waals surface area (Å²) in [6.45, 7) is 5.48. The van der Waals surface area contributed by atoms with Crippen LogP contribution in [0.5, 0.6) is 0 Å². The van der Waals surface area contributed by atoms with E-state index in [2.05, 4.69) is 0 Å². The Labute approximate surface area is 183 Å². The van der Waals surface area contributed by atoms with Crippen molar-refractivity contribution in [1.82, 2.24) is 0 Å². The number of hydrogen-bond donors (Lipinski definition) is 2. The molecule has 0 aliphatic heterocycles. The minimum Gasteiger partial charge on any atom is -0.421 e. The van der Waals surface area contributed by atoms with Crippen molar-refractivity contribution in [2.75, 3.05) is 0 Å². The Morgan fingerprint density at radius 3 is 1.68 bits per heavy atom. The highest BCUT2D eigenvalue weighted by Crippen LogP contribution is 2.27. The zero-order chi connectivity index (χ0) is 22.8. The first-order chi connectivity index (χ1) is 14.9. The van der Waals surface area contributed by atoms with Gasteiger partial charge in [0.2, 0.25) is 0 Å². The summed E-state index contributed by atoms with van der Waals surface area (Å²) in [6.07, 6.45) is -1.22. The maximum atomic E-state index is 12.6. The third-order valence-corrected chi connectivity index (χ3v) is 5.42. The summed E-state index contributed by atoms with van der Waals surface area (Å²) in [7, 11) is 0. The molecule has 0 spiro atoms. The number of benzene rings is 2. The first-order valence-electron chi connectivity index (χ1n) is 10.8. The number of carbonyl (C=O) groups excluding carboxylic acids is 2. The van der Waals surface area contributed by atoms with Gasteiger partial charge in [-0.1, -0.05) is 63.6 Å². The molecule has 0 aromatic heterocycles. The molecule has 0 heterocycles. The maximum absolute atomic E-state index is 12.6. The second-order valence-corrected chi connectivity index (χ2v) is 7.69. The van der Waals surface area contributed by atoms with Gasteiger partial charge in [-0.2, -0.15) is 0 Å². The molecular formula is C25H32O6. The molecule has 4 atom stereocenters. The van der Waals surface area contributed by atoms with Crippen LogP contribution in [0, 0.1) is 11.8 Å². The summed E-state index contributed by atoms with van der Waals surface area (Å²) < 4.78 is 11.0. The second kappa shape index (κ2) is 12.2. The molecule has 0 saturated carbocycles. The fourth-order valence-corrected chi connectivity index (χ4v) is 3.54.